The Hall–Kier alpha value is -3.08. The van der Waals surface area contributed by atoms with E-state index < -0.39 is 0 Å². The van der Waals surface area contributed by atoms with Gasteiger partial charge in [-0.2, -0.15) is 5.10 Å². The zero-order valence-electron chi connectivity index (χ0n) is 16.5. The van der Waals surface area contributed by atoms with Crippen molar-refractivity contribution in [2.24, 2.45) is 0 Å². The molecule has 0 saturated carbocycles. The van der Waals surface area contributed by atoms with Crippen LogP contribution in [0.15, 0.2) is 54.7 Å². The molecular weight excluding hydrogens is 348 g/mol. The Bertz CT molecular complexity index is 972. The first-order valence-electron chi connectivity index (χ1n) is 9.96. The highest BCUT2D eigenvalue weighted by molar-refractivity contribution is 6.05. The summed E-state index contributed by atoms with van der Waals surface area (Å²) < 4.78 is 1.84. The number of carbonyl (C=O) groups is 1. The molecule has 1 amide bonds. The third kappa shape index (κ3) is 3.52. The predicted molar refractivity (Wildman–Crippen MR) is 114 cm³/mol. The lowest BCUT2D eigenvalue weighted by atomic mass is 10.1. The van der Waals surface area contributed by atoms with Crippen molar-refractivity contribution < 1.29 is 4.79 Å². The van der Waals surface area contributed by atoms with Gasteiger partial charge in [0.15, 0.2) is 0 Å². The number of benzene rings is 2. The molecule has 4 rings (SSSR count). The molecule has 28 heavy (non-hydrogen) atoms. The first-order valence-corrected chi connectivity index (χ1v) is 9.96. The van der Waals surface area contributed by atoms with Crippen LogP contribution in [0, 0.1) is 6.92 Å². The molecule has 5 nitrogen and oxygen atoms in total. The van der Waals surface area contributed by atoms with Crippen LogP contribution in [0.3, 0.4) is 0 Å². The van der Waals surface area contributed by atoms with E-state index in [4.69, 9.17) is 0 Å². The summed E-state index contributed by atoms with van der Waals surface area (Å²) in [5, 5.41) is 7.50. The number of para-hydroxylation sites is 1. The van der Waals surface area contributed by atoms with E-state index in [0.717, 1.165) is 36.6 Å². The second-order valence-corrected chi connectivity index (χ2v) is 7.26. The lowest BCUT2D eigenvalue weighted by Gasteiger charge is -2.20. The molecule has 1 aliphatic heterocycles. The van der Waals surface area contributed by atoms with Gasteiger partial charge in [-0.15, -0.1) is 0 Å². The van der Waals surface area contributed by atoms with Gasteiger partial charge in [0, 0.05) is 24.5 Å². The van der Waals surface area contributed by atoms with E-state index in [1.165, 1.54) is 24.1 Å². The summed E-state index contributed by atoms with van der Waals surface area (Å²) in [6.45, 7) is 6.38. The van der Waals surface area contributed by atoms with E-state index in [1.54, 1.807) is 6.20 Å². The summed E-state index contributed by atoms with van der Waals surface area (Å²) in [5.74, 6) is -0.118. The number of amides is 1. The number of anilines is 2. The SMILES string of the molecule is CCc1c(C(=O)Nc2ccc(N3CCCC3)c(C)c2)cnn1-c1ccccc1. The topological polar surface area (TPSA) is 50.2 Å². The van der Waals surface area contributed by atoms with E-state index in [1.807, 2.05) is 48.0 Å². The van der Waals surface area contributed by atoms with Crippen LogP contribution in [0.5, 0.6) is 0 Å². The first-order chi connectivity index (χ1) is 13.7. The molecule has 0 radical (unpaired) electrons. The third-order valence-corrected chi connectivity index (χ3v) is 5.35. The van der Waals surface area contributed by atoms with Crippen LogP contribution in [0.25, 0.3) is 5.69 Å². The lowest BCUT2D eigenvalue weighted by Crippen LogP contribution is -2.19. The minimum atomic E-state index is -0.118. The Kier molecular flexibility index (Phi) is 5.15. The number of aromatic nitrogens is 2. The molecule has 1 N–H and O–H groups in total. The molecule has 1 fully saturated rings. The van der Waals surface area contributed by atoms with Crippen LogP contribution < -0.4 is 10.2 Å². The normalized spacial score (nSPS) is 13.7. The molecule has 1 aliphatic rings. The molecule has 5 heteroatoms. The molecule has 2 aromatic carbocycles. The molecule has 0 atom stereocenters. The monoisotopic (exact) mass is 374 g/mol. The molecule has 2 heterocycles. The quantitative estimate of drug-likeness (QED) is 0.710. The largest absolute Gasteiger partial charge is 0.371 e. The lowest BCUT2D eigenvalue weighted by molar-refractivity contribution is 0.102. The predicted octanol–water partition coefficient (Wildman–Crippen LogP) is 4.60. The molecule has 0 unspecified atom stereocenters. The Morgan fingerprint density at radius 1 is 1.11 bits per heavy atom. The summed E-state index contributed by atoms with van der Waals surface area (Å²) in [5.41, 5.74) is 5.77. The van der Waals surface area contributed by atoms with Crippen molar-refractivity contribution in [2.45, 2.75) is 33.1 Å². The molecule has 0 spiro atoms. The number of nitrogens with zero attached hydrogens (tertiary/aromatic N) is 3. The van der Waals surface area contributed by atoms with Crippen molar-refractivity contribution in [3.8, 4) is 5.69 Å². The number of rotatable bonds is 5. The van der Waals surface area contributed by atoms with Crippen molar-refractivity contribution in [1.82, 2.24) is 9.78 Å². The van der Waals surface area contributed by atoms with E-state index in [9.17, 15) is 4.79 Å². The van der Waals surface area contributed by atoms with Crippen molar-refractivity contribution in [2.75, 3.05) is 23.3 Å². The standard InChI is InChI=1S/C23H26N4O/c1-3-21-20(16-24-27(21)19-9-5-4-6-10-19)23(28)25-18-11-12-22(17(2)15-18)26-13-7-8-14-26/h4-6,9-12,15-16H,3,7-8,13-14H2,1-2H3,(H,25,28). The Labute approximate surface area is 166 Å². The zero-order chi connectivity index (χ0) is 19.5. The van der Waals surface area contributed by atoms with Crippen molar-refractivity contribution in [3.05, 3.63) is 71.5 Å². The van der Waals surface area contributed by atoms with Gasteiger partial charge >= 0.3 is 0 Å². The first kappa shape index (κ1) is 18.3. The van der Waals surface area contributed by atoms with Gasteiger partial charge in [-0.25, -0.2) is 4.68 Å². The smallest absolute Gasteiger partial charge is 0.259 e. The third-order valence-electron chi connectivity index (χ3n) is 5.35. The minimum absolute atomic E-state index is 0.118. The second kappa shape index (κ2) is 7.89. The van der Waals surface area contributed by atoms with Crippen LogP contribution >= 0.6 is 0 Å². The van der Waals surface area contributed by atoms with Gasteiger partial charge in [0.25, 0.3) is 5.91 Å². The van der Waals surface area contributed by atoms with Gasteiger partial charge in [-0.3, -0.25) is 4.79 Å². The average Bonchev–Trinajstić information content (AvgIpc) is 3.38. The number of hydrogen-bond donors (Lipinski definition) is 1. The highest BCUT2D eigenvalue weighted by Crippen LogP contribution is 2.27. The fourth-order valence-electron chi connectivity index (χ4n) is 3.94. The van der Waals surface area contributed by atoms with Crippen LogP contribution in [0.4, 0.5) is 11.4 Å². The number of carbonyl (C=O) groups excluding carboxylic acids is 1. The van der Waals surface area contributed by atoms with E-state index in [2.05, 4.69) is 34.4 Å². The summed E-state index contributed by atoms with van der Waals surface area (Å²) in [6, 6.07) is 16.1. The van der Waals surface area contributed by atoms with Gasteiger partial charge in [0.2, 0.25) is 0 Å². The summed E-state index contributed by atoms with van der Waals surface area (Å²) in [6.07, 6.45) is 4.89. The number of nitrogens with one attached hydrogen (secondary N) is 1. The van der Waals surface area contributed by atoms with E-state index >= 15 is 0 Å². The molecule has 1 saturated heterocycles. The molecular formula is C23H26N4O. The molecule has 0 aliphatic carbocycles. The van der Waals surface area contributed by atoms with Gasteiger partial charge in [-0.1, -0.05) is 25.1 Å². The van der Waals surface area contributed by atoms with Crippen molar-refractivity contribution >= 4 is 17.3 Å². The van der Waals surface area contributed by atoms with Crippen molar-refractivity contribution in [1.29, 1.82) is 0 Å². The molecule has 144 valence electrons. The van der Waals surface area contributed by atoms with Gasteiger partial charge in [0.05, 0.1) is 23.1 Å². The van der Waals surface area contributed by atoms with Crippen LogP contribution in [-0.2, 0) is 6.42 Å². The number of hydrogen-bond acceptors (Lipinski definition) is 3. The Morgan fingerprint density at radius 2 is 1.86 bits per heavy atom. The molecule has 1 aromatic heterocycles. The average molecular weight is 374 g/mol. The van der Waals surface area contributed by atoms with Crippen LogP contribution in [-0.4, -0.2) is 28.8 Å². The zero-order valence-corrected chi connectivity index (χ0v) is 16.5. The van der Waals surface area contributed by atoms with Gasteiger partial charge < -0.3 is 10.2 Å². The Morgan fingerprint density at radius 3 is 2.54 bits per heavy atom. The van der Waals surface area contributed by atoms with Crippen LogP contribution in [0.2, 0.25) is 0 Å². The van der Waals surface area contributed by atoms with Gasteiger partial charge in [0.1, 0.15) is 0 Å². The fraction of sp³-hybridized carbons (Fsp3) is 0.304. The maximum Gasteiger partial charge on any atom is 0.259 e. The van der Waals surface area contributed by atoms with Crippen LogP contribution in [0.1, 0.15) is 41.4 Å². The maximum absolute atomic E-state index is 12.9. The summed E-state index contributed by atoms with van der Waals surface area (Å²) >= 11 is 0. The van der Waals surface area contributed by atoms with E-state index in [0.29, 0.717) is 5.56 Å². The maximum atomic E-state index is 12.9. The van der Waals surface area contributed by atoms with Crippen molar-refractivity contribution in [3.63, 3.8) is 0 Å². The Balaban J connectivity index is 1.56. The minimum Gasteiger partial charge on any atom is -0.371 e. The summed E-state index contributed by atoms with van der Waals surface area (Å²) in [7, 11) is 0. The second-order valence-electron chi connectivity index (χ2n) is 7.26. The molecule has 0 bridgehead atoms. The summed E-state index contributed by atoms with van der Waals surface area (Å²) in [4.78, 5) is 15.3. The van der Waals surface area contributed by atoms with E-state index in [-0.39, 0.29) is 5.91 Å². The highest BCUT2D eigenvalue weighted by Gasteiger charge is 2.18. The fourth-order valence-corrected chi connectivity index (χ4v) is 3.94. The molecule has 3 aromatic rings. The van der Waals surface area contributed by atoms with Gasteiger partial charge in [-0.05, 0) is 62.1 Å². The highest BCUT2D eigenvalue weighted by atomic mass is 16.1. The number of aryl methyl sites for hydroxylation is 1.